The third-order valence-electron chi connectivity index (χ3n) is 6.19. The highest BCUT2D eigenvalue weighted by Gasteiger charge is 2.13. The third kappa shape index (κ3) is 11.4. The van der Waals surface area contributed by atoms with Crippen LogP contribution in [0.25, 0.3) is 6.08 Å². The van der Waals surface area contributed by atoms with Gasteiger partial charge in [-0.15, -0.1) is 0 Å². The second-order valence-corrected chi connectivity index (χ2v) is 9.77. The van der Waals surface area contributed by atoms with E-state index in [0.717, 1.165) is 66.4 Å². The molecule has 0 bridgehead atoms. The van der Waals surface area contributed by atoms with Gasteiger partial charge in [-0.25, -0.2) is 0 Å². The summed E-state index contributed by atoms with van der Waals surface area (Å²) in [5.41, 5.74) is 3.34. The lowest BCUT2D eigenvalue weighted by Gasteiger charge is -2.18. The fraction of sp³-hybridized carbons (Fsp3) is 0.531. The molecule has 2 rings (SSSR count). The van der Waals surface area contributed by atoms with Gasteiger partial charge >= 0.3 is 0 Å². The molecule has 0 aliphatic carbocycles. The average molecular weight is 495 g/mol. The van der Waals surface area contributed by atoms with Gasteiger partial charge in [-0.1, -0.05) is 127 Å². The summed E-state index contributed by atoms with van der Waals surface area (Å²) in [5.74, 6) is 1.94. The van der Waals surface area contributed by atoms with Crippen molar-refractivity contribution in [1.29, 1.82) is 0 Å². The van der Waals surface area contributed by atoms with E-state index >= 15 is 0 Å². The van der Waals surface area contributed by atoms with Crippen LogP contribution in [0.15, 0.2) is 48.5 Å². The number of hydrogen-bond acceptors (Lipinski definition) is 3. The highest BCUT2D eigenvalue weighted by molar-refractivity contribution is 7.81. The summed E-state index contributed by atoms with van der Waals surface area (Å²) in [4.78, 5) is 0.833. The molecule has 0 saturated heterocycles. The van der Waals surface area contributed by atoms with Gasteiger partial charge < -0.3 is 9.47 Å². The van der Waals surface area contributed by atoms with Crippen LogP contribution in [0.3, 0.4) is 0 Å². The average Bonchev–Trinajstić information content (AvgIpc) is 2.88. The highest BCUT2D eigenvalue weighted by atomic mass is 32.1. The van der Waals surface area contributed by atoms with E-state index in [1.54, 1.807) is 0 Å². The Hall–Kier alpha value is -2.13. The van der Waals surface area contributed by atoms with Crippen LogP contribution in [0.1, 0.15) is 108 Å². The number of hydrogen-bond donors (Lipinski definition) is 0. The number of rotatable bonds is 19. The first-order valence-electron chi connectivity index (χ1n) is 13.9. The van der Waals surface area contributed by atoms with Crippen LogP contribution in [0.5, 0.6) is 11.5 Å². The molecule has 35 heavy (non-hydrogen) atoms. The zero-order chi connectivity index (χ0) is 25.1. The van der Waals surface area contributed by atoms with E-state index in [9.17, 15) is 0 Å². The molecule has 0 heterocycles. The number of unbranched alkanes of at least 4 members (excludes halogenated alkanes) is 8. The van der Waals surface area contributed by atoms with Crippen LogP contribution < -0.4 is 9.47 Å². The fourth-order valence-corrected chi connectivity index (χ4v) is 4.34. The molecule has 0 aliphatic rings. The normalized spacial score (nSPS) is 11.2. The van der Waals surface area contributed by atoms with Crippen molar-refractivity contribution in [3.05, 3.63) is 65.2 Å². The van der Waals surface area contributed by atoms with Crippen molar-refractivity contribution in [3.63, 3.8) is 0 Å². The minimum atomic E-state index is 0.756. The standard InChI is InChI=1S/C32H46O2S/c1-4-7-9-11-16-23-33-30-25-27(21-22-32(35)28-19-14-13-15-20-28)26-31(29(30)18-6-3)34-24-17-12-10-8-5-2/h13-15,19-22,25-26H,4-12,16-18,23-24H2,1-3H3. The first kappa shape index (κ1) is 29.1. The van der Waals surface area contributed by atoms with E-state index in [2.05, 4.69) is 51.1 Å². The van der Waals surface area contributed by atoms with Gasteiger partial charge in [-0.2, -0.15) is 0 Å². The van der Waals surface area contributed by atoms with Crippen molar-refractivity contribution in [1.82, 2.24) is 0 Å². The van der Waals surface area contributed by atoms with Gasteiger partial charge in [0.05, 0.1) is 13.2 Å². The molecular formula is C32H46O2S. The minimum Gasteiger partial charge on any atom is -0.493 e. The van der Waals surface area contributed by atoms with E-state index in [1.807, 2.05) is 24.3 Å². The first-order valence-corrected chi connectivity index (χ1v) is 14.3. The molecule has 0 amide bonds. The molecule has 0 spiro atoms. The van der Waals surface area contributed by atoms with E-state index in [4.69, 9.17) is 21.7 Å². The molecule has 0 unspecified atom stereocenters. The Balaban J connectivity index is 2.17. The lowest BCUT2D eigenvalue weighted by molar-refractivity contribution is 0.284. The molecule has 0 aromatic heterocycles. The molecule has 0 fully saturated rings. The molecule has 2 aromatic rings. The van der Waals surface area contributed by atoms with E-state index < -0.39 is 0 Å². The fourth-order valence-electron chi connectivity index (χ4n) is 4.14. The van der Waals surface area contributed by atoms with E-state index in [-0.39, 0.29) is 0 Å². The summed E-state index contributed by atoms with van der Waals surface area (Å²) in [6.07, 6.45) is 18.5. The quantitative estimate of drug-likeness (QED) is 0.0838. The lowest BCUT2D eigenvalue weighted by atomic mass is 10.0. The van der Waals surface area contributed by atoms with Crippen molar-refractivity contribution in [3.8, 4) is 11.5 Å². The maximum atomic E-state index is 6.36. The Labute approximate surface area is 220 Å². The second kappa shape index (κ2) is 18.2. The maximum absolute atomic E-state index is 6.36. The number of allylic oxidation sites excluding steroid dienone is 1. The molecule has 0 radical (unpaired) electrons. The monoisotopic (exact) mass is 494 g/mol. The molecule has 3 heteroatoms. The third-order valence-corrected chi connectivity index (χ3v) is 6.56. The van der Waals surface area contributed by atoms with Gasteiger partial charge in [-0.3, -0.25) is 0 Å². The summed E-state index contributed by atoms with van der Waals surface area (Å²) >= 11 is 5.64. The van der Waals surface area contributed by atoms with Crippen molar-refractivity contribution in [2.75, 3.05) is 13.2 Å². The Morgan fingerprint density at radius 3 is 1.77 bits per heavy atom. The van der Waals surface area contributed by atoms with Crippen LogP contribution in [-0.2, 0) is 6.42 Å². The van der Waals surface area contributed by atoms with E-state index in [0.29, 0.717) is 0 Å². The number of ether oxygens (including phenoxy) is 2. The Kier molecular flexibility index (Phi) is 15.1. The van der Waals surface area contributed by atoms with Crippen molar-refractivity contribution in [2.45, 2.75) is 97.8 Å². The van der Waals surface area contributed by atoms with Gasteiger partial charge in [0.2, 0.25) is 0 Å². The zero-order valence-electron chi connectivity index (χ0n) is 22.3. The van der Waals surface area contributed by atoms with Crippen LogP contribution in [-0.4, -0.2) is 18.1 Å². The predicted octanol–water partition coefficient (Wildman–Crippen LogP) is 9.77. The van der Waals surface area contributed by atoms with Crippen LogP contribution in [0, 0.1) is 0 Å². The molecule has 0 saturated carbocycles. The smallest absolute Gasteiger partial charge is 0.126 e. The van der Waals surface area contributed by atoms with Gasteiger partial charge in [-0.05, 0) is 48.6 Å². The molecule has 0 N–H and O–H groups in total. The van der Waals surface area contributed by atoms with Gasteiger partial charge in [0, 0.05) is 10.4 Å². The van der Waals surface area contributed by atoms with Crippen LogP contribution in [0.4, 0.5) is 0 Å². The highest BCUT2D eigenvalue weighted by Crippen LogP contribution is 2.33. The van der Waals surface area contributed by atoms with Crippen LogP contribution >= 0.6 is 12.2 Å². The van der Waals surface area contributed by atoms with Crippen molar-refractivity contribution < 1.29 is 9.47 Å². The summed E-state index contributed by atoms with van der Waals surface area (Å²) in [5, 5.41) is 0. The molecule has 2 nitrogen and oxygen atoms in total. The van der Waals surface area contributed by atoms with Gasteiger partial charge in [0.25, 0.3) is 0 Å². The van der Waals surface area contributed by atoms with Crippen molar-refractivity contribution >= 4 is 23.2 Å². The number of thiocarbonyl (C=S) groups is 1. The van der Waals surface area contributed by atoms with Gasteiger partial charge in [0.15, 0.2) is 0 Å². The SMILES string of the molecule is CCCCCCCOc1cc(C=CC(=S)c2ccccc2)cc(OCCCCCCC)c1CCC. The first-order chi connectivity index (χ1) is 17.2. The Bertz CT molecular complexity index is 835. The van der Waals surface area contributed by atoms with E-state index in [1.165, 1.54) is 56.9 Å². The topological polar surface area (TPSA) is 18.5 Å². The largest absolute Gasteiger partial charge is 0.493 e. The molecular weight excluding hydrogens is 448 g/mol. The summed E-state index contributed by atoms with van der Waals surface area (Å²) < 4.78 is 12.7. The summed E-state index contributed by atoms with van der Waals surface area (Å²) in [6, 6.07) is 14.5. The molecule has 0 aliphatic heterocycles. The summed E-state index contributed by atoms with van der Waals surface area (Å²) in [7, 11) is 0. The Morgan fingerprint density at radius 2 is 1.26 bits per heavy atom. The predicted molar refractivity (Wildman–Crippen MR) is 156 cm³/mol. The molecule has 2 aromatic carbocycles. The lowest BCUT2D eigenvalue weighted by Crippen LogP contribution is -2.05. The van der Waals surface area contributed by atoms with Gasteiger partial charge in [0.1, 0.15) is 11.5 Å². The zero-order valence-corrected chi connectivity index (χ0v) is 23.1. The molecule has 192 valence electrons. The maximum Gasteiger partial charge on any atom is 0.126 e. The summed E-state index contributed by atoms with van der Waals surface area (Å²) in [6.45, 7) is 8.23. The Morgan fingerprint density at radius 1 is 0.714 bits per heavy atom. The van der Waals surface area contributed by atoms with Crippen LogP contribution in [0.2, 0.25) is 0 Å². The second-order valence-electron chi connectivity index (χ2n) is 9.33. The number of benzene rings is 2. The van der Waals surface area contributed by atoms with Crippen molar-refractivity contribution in [2.24, 2.45) is 0 Å². The minimum absolute atomic E-state index is 0.756. The molecule has 0 atom stereocenters.